The summed E-state index contributed by atoms with van der Waals surface area (Å²) < 4.78 is 13.1. The van der Waals surface area contributed by atoms with Crippen molar-refractivity contribution in [2.75, 3.05) is 43.9 Å². The van der Waals surface area contributed by atoms with E-state index in [-0.39, 0.29) is 30.1 Å². The van der Waals surface area contributed by atoms with E-state index in [0.29, 0.717) is 25.3 Å². The molecular weight excluding hydrogens is 411 g/mol. The lowest BCUT2D eigenvalue weighted by Crippen LogP contribution is -2.40. The maximum atomic E-state index is 13.1. The van der Waals surface area contributed by atoms with Crippen molar-refractivity contribution in [3.63, 3.8) is 0 Å². The number of aromatic nitrogens is 2. The summed E-state index contributed by atoms with van der Waals surface area (Å²) in [6.45, 7) is 4.60. The topological polar surface area (TPSA) is 90.5 Å². The second kappa shape index (κ2) is 9.60. The van der Waals surface area contributed by atoms with Crippen LogP contribution >= 0.6 is 0 Å². The van der Waals surface area contributed by atoms with E-state index < -0.39 is 0 Å². The number of benzene rings is 1. The number of halogens is 1. The highest BCUT2D eigenvalue weighted by Crippen LogP contribution is 2.30. The quantitative estimate of drug-likeness (QED) is 0.742. The summed E-state index contributed by atoms with van der Waals surface area (Å²) in [4.78, 5) is 37.9. The molecule has 32 heavy (non-hydrogen) atoms. The molecule has 2 aliphatic heterocycles. The van der Waals surface area contributed by atoms with Crippen LogP contribution in [0.4, 0.5) is 15.9 Å². The maximum absolute atomic E-state index is 13.1. The van der Waals surface area contributed by atoms with Crippen LogP contribution in [0.2, 0.25) is 0 Å². The molecule has 8 nitrogen and oxygen atoms in total. The number of fused-ring (bicyclic) bond motifs is 1. The van der Waals surface area contributed by atoms with E-state index >= 15 is 0 Å². The lowest BCUT2D eigenvalue weighted by atomic mass is 9.96. The van der Waals surface area contributed by atoms with Gasteiger partial charge in [0.1, 0.15) is 17.5 Å². The van der Waals surface area contributed by atoms with Gasteiger partial charge >= 0.3 is 0 Å². The Morgan fingerprint density at radius 1 is 1.19 bits per heavy atom. The number of nitrogens with one attached hydrogen (secondary N) is 2. The van der Waals surface area contributed by atoms with E-state index in [1.165, 1.54) is 12.1 Å². The largest absolute Gasteiger partial charge is 0.373 e. The van der Waals surface area contributed by atoms with E-state index in [9.17, 15) is 14.0 Å². The lowest BCUT2D eigenvalue weighted by Gasteiger charge is -2.33. The van der Waals surface area contributed by atoms with Crippen LogP contribution in [0.1, 0.15) is 42.8 Å². The van der Waals surface area contributed by atoms with E-state index in [2.05, 4.69) is 15.5 Å². The number of piperidine rings is 1. The zero-order chi connectivity index (χ0) is 22.7. The summed E-state index contributed by atoms with van der Waals surface area (Å²) in [5.41, 5.74) is 2.58. The molecule has 1 fully saturated rings. The van der Waals surface area contributed by atoms with Gasteiger partial charge in [-0.05, 0) is 43.7 Å². The van der Waals surface area contributed by atoms with Crippen molar-refractivity contribution < 1.29 is 14.0 Å². The molecule has 2 aromatic rings. The maximum Gasteiger partial charge on any atom is 0.238 e. The van der Waals surface area contributed by atoms with Gasteiger partial charge in [0.2, 0.25) is 11.8 Å². The molecule has 2 aliphatic rings. The Labute approximate surface area is 187 Å². The number of likely N-dealkylation sites (tertiary alicyclic amines) is 1. The fraction of sp³-hybridized carbons (Fsp3) is 0.478. The highest BCUT2D eigenvalue weighted by molar-refractivity contribution is 5.92. The minimum absolute atomic E-state index is 0.0589. The molecule has 3 heterocycles. The summed E-state index contributed by atoms with van der Waals surface area (Å²) in [7, 11) is 1.84. The average molecular weight is 441 g/mol. The van der Waals surface area contributed by atoms with Crippen LogP contribution in [0, 0.1) is 5.82 Å². The van der Waals surface area contributed by atoms with Gasteiger partial charge in [-0.15, -0.1) is 0 Å². The molecule has 1 aromatic carbocycles. The van der Waals surface area contributed by atoms with Crippen molar-refractivity contribution in [2.24, 2.45) is 0 Å². The van der Waals surface area contributed by atoms with Gasteiger partial charge in [0.25, 0.3) is 0 Å². The first kappa shape index (κ1) is 22.1. The van der Waals surface area contributed by atoms with Crippen LogP contribution in [-0.2, 0) is 22.6 Å². The Hall–Kier alpha value is -3.07. The Balaban J connectivity index is 1.43. The van der Waals surface area contributed by atoms with Gasteiger partial charge in [0.15, 0.2) is 0 Å². The van der Waals surface area contributed by atoms with Crippen LogP contribution in [0.3, 0.4) is 0 Å². The van der Waals surface area contributed by atoms with Crippen LogP contribution in [0.15, 0.2) is 24.3 Å². The lowest BCUT2D eigenvalue weighted by molar-refractivity contribution is -0.129. The minimum atomic E-state index is -0.332. The van der Waals surface area contributed by atoms with E-state index in [1.807, 2.05) is 11.9 Å². The first-order valence-electron chi connectivity index (χ1n) is 11.0. The highest BCUT2D eigenvalue weighted by Gasteiger charge is 2.29. The predicted octanol–water partition coefficient (Wildman–Crippen LogP) is 2.38. The molecule has 0 unspecified atom stereocenters. The summed E-state index contributed by atoms with van der Waals surface area (Å²) in [6, 6.07) is 5.77. The molecule has 2 amide bonds. The number of carbonyl (C=O) groups is 2. The van der Waals surface area contributed by atoms with Gasteiger partial charge in [-0.3, -0.25) is 14.5 Å². The number of hydrogen-bond acceptors (Lipinski definition) is 6. The van der Waals surface area contributed by atoms with E-state index in [4.69, 9.17) is 9.97 Å². The minimum Gasteiger partial charge on any atom is -0.373 e. The van der Waals surface area contributed by atoms with Crippen LogP contribution in [0.25, 0.3) is 0 Å². The zero-order valence-corrected chi connectivity index (χ0v) is 18.5. The fourth-order valence-electron chi connectivity index (χ4n) is 4.44. The molecule has 0 spiro atoms. The predicted molar refractivity (Wildman–Crippen MR) is 120 cm³/mol. The third kappa shape index (κ3) is 5.04. The van der Waals surface area contributed by atoms with Crippen molar-refractivity contribution in [3.8, 4) is 0 Å². The molecule has 0 saturated carbocycles. The van der Waals surface area contributed by atoms with Crippen molar-refractivity contribution in [1.29, 1.82) is 0 Å². The van der Waals surface area contributed by atoms with Gasteiger partial charge < -0.3 is 15.5 Å². The molecule has 1 aromatic heterocycles. The molecule has 1 saturated heterocycles. The molecule has 170 valence electrons. The third-order valence-corrected chi connectivity index (χ3v) is 6.13. The van der Waals surface area contributed by atoms with E-state index in [0.717, 1.165) is 48.7 Å². The third-order valence-electron chi connectivity index (χ3n) is 6.13. The van der Waals surface area contributed by atoms with Gasteiger partial charge in [-0.25, -0.2) is 14.4 Å². The number of amides is 2. The monoisotopic (exact) mass is 440 g/mol. The second-order valence-corrected chi connectivity index (χ2v) is 8.43. The fourth-order valence-corrected chi connectivity index (χ4v) is 4.44. The summed E-state index contributed by atoms with van der Waals surface area (Å²) in [6.07, 6.45) is 2.65. The first-order valence-corrected chi connectivity index (χ1v) is 11.0. The molecule has 0 aliphatic carbocycles. The van der Waals surface area contributed by atoms with Gasteiger partial charge in [-0.2, -0.15) is 0 Å². The number of rotatable bonds is 5. The highest BCUT2D eigenvalue weighted by atomic mass is 19.1. The molecule has 0 radical (unpaired) electrons. The van der Waals surface area contributed by atoms with Crippen LogP contribution in [-0.4, -0.2) is 64.8 Å². The smallest absolute Gasteiger partial charge is 0.238 e. The summed E-state index contributed by atoms with van der Waals surface area (Å²) in [5, 5.41) is 6.00. The van der Waals surface area contributed by atoms with Crippen LogP contribution in [0.5, 0.6) is 0 Å². The Morgan fingerprint density at radius 3 is 2.69 bits per heavy atom. The van der Waals surface area contributed by atoms with Crippen molar-refractivity contribution in [3.05, 3.63) is 47.2 Å². The van der Waals surface area contributed by atoms with Crippen molar-refractivity contribution in [2.45, 2.75) is 38.6 Å². The molecule has 2 N–H and O–H groups in total. The molecular formula is C23H29FN6O2. The molecule has 4 rings (SSSR count). The molecule has 1 atom stereocenters. The zero-order valence-electron chi connectivity index (χ0n) is 18.5. The Kier molecular flexibility index (Phi) is 6.64. The normalized spacial score (nSPS) is 18.7. The summed E-state index contributed by atoms with van der Waals surface area (Å²) in [5.74, 6) is 1.33. The molecule has 9 heteroatoms. The van der Waals surface area contributed by atoms with Crippen molar-refractivity contribution >= 4 is 23.3 Å². The van der Waals surface area contributed by atoms with Gasteiger partial charge in [0.05, 0.1) is 18.8 Å². The summed E-state index contributed by atoms with van der Waals surface area (Å²) >= 11 is 0. The number of anilines is 2. The molecule has 0 bridgehead atoms. The number of carbonyl (C=O) groups excluding carboxylic acids is 2. The number of nitrogens with zero attached hydrogens (tertiary/aromatic N) is 4. The SMILES string of the molecule is CNc1nc([C@@H]2CCCN(CC(=O)Nc3ccc(F)cc3)C2)nc2c1CN(C(C)=O)CC2. The van der Waals surface area contributed by atoms with Gasteiger partial charge in [0, 0.05) is 50.7 Å². The van der Waals surface area contributed by atoms with Crippen molar-refractivity contribution in [1.82, 2.24) is 19.8 Å². The second-order valence-electron chi connectivity index (χ2n) is 8.43. The Morgan fingerprint density at radius 2 is 1.97 bits per heavy atom. The van der Waals surface area contributed by atoms with Gasteiger partial charge in [-0.1, -0.05) is 0 Å². The average Bonchev–Trinajstić information content (AvgIpc) is 2.79. The Bertz CT molecular complexity index is 979. The first-order chi connectivity index (χ1) is 15.4. The number of hydrogen-bond donors (Lipinski definition) is 2. The standard InChI is InChI=1S/C23H29FN6O2/c1-15(31)30-11-9-20-19(13-30)23(25-2)28-22(27-20)16-4-3-10-29(12-16)14-21(32)26-18-7-5-17(24)6-8-18/h5-8,16H,3-4,9-14H2,1-2H3,(H,26,32)(H,25,27,28)/t16-/m1/s1. The van der Waals surface area contributed by atoms with Crippen LogP contribution < -0.4 is 10.6 Å². The van der Waals surface area contributed by atoms with E-state index in [1.54, 1.807) is 19.1 Å².